The molecule has 1 heterocycles. The molecule has 0 bridgehead atoms. The Hall–Kier alpha value is -2.19. The summed E-state index contributed by atoms with van der Waals surface area (Å²) in [5, 5.41) is 27.7. The lowest BCUT2D eigenvalue weighted by Crippen LogP contribution is -2.53. The van der Waals surface area contributed by atoms with Crippen molar-refractivity contribution in [2.24, 2.45) is 0 Å². The molecular weight excluding hydrogens is 314 g/mol. The first-order chi connectivity index (χ1) is 11.0. The molecule has 8 nitrogen and oxygen atoms in total. The van der Waals surface area contributed by atoms with Crippen molar-refractivity contribution in [1.29, 1.82) is 0 Å². The van der Waals surface area contributed by atoms with Crippen molar-refractivity contribution >= 4 is 17.3 Å². The van der Waals surface area contributed by atoms with Gasteiger partial charge in [0.05, 0.1) is 17.0 Å². The molecule has 3 N–H and O–H groups in total. The number of fused-ring (bicyclic) bond motifs is 1. The fourth-order valence-corrected chi connectivity index (χ4v) is 2.81. The summed E-state index contributed by atoms with van der Waals surface area (Å²) in [6.07, 6.45) is -0.862. The van der Waals surface area contributed by atoms with Crippen LogP contribution in [0, 0.1) is 10.1 Å². The van der Waals surface area contributed by atoms with Crippen LogP contribution < -0.4 is 15.4 Å². The Bertz CT molecular complexity index is 672. The van der Waals surface area contributed by atoms with Crippen molar-refractivity contribution in [3.05, 3.63) is 27.8 Å². The monoisotopic (exact) mass is 337 g/mol. The van der Waals surface area contributed by atoms with Gasteiger partial charge in [-0.3, -0.25) is 14.9 Å². The van der Waals surface area contributed by atoms with Gasteiger partial charge in [0.25, 0.3) is 5.69 Å². The van der Waals surface area contributed by atoms with Gasteiger partial charge in [0.2, 0.25) is 5.91 Å². The third-order valence-corrected chi connectivity index (χ3v) is 3.88. The van der Waals surface area contributed by atoms with Gasteiger partial charge in [0.1, 0.15) is 23.1 Å². The van der Waals surface area contributed by atoms with Crippen molar-refractivity contribution in [2.45, 2.75) is 58.4 Å². The number of carbonyl (C=O) groups excluding carboxylic acids is 1. The van der Waals surface area contributed by atoms with Crippen molar-refractivity contribution < 1.29 is 19.6 Å². The molecule has 1 aromatic carbocycles. The second kappa shape index (κ2) is 6.37. The van der Waals surface area contributed by atoms with Crippen LogP contribution in [-0.4, -0.2) is 33.7 Å². The van der Waals surface area contributed by atoms with Gasteiger partial charge in [0, 0.05) is 18.5 Å². The van der Waals surface area contributed by atoms with Gasteiger partial charge in [0.15, 0.2) is 0 Å². The highest BCUT2D eigenvalue weighted by Crippen LogP contribution is 2.44. The number of ether oxygens (including phenoxy) is 1. The highest BCUT2D eigenvalue weighted by atomic mass is 16.6. The van der Waals surface area contributed by atoms with Crippen LogP contribution in [0.25, 0.3) is 0 Å². The summed E-state index contributed by atoms with van der Waals surface area (Å²) in [7, 11) is 0. The zero-order valence-corrected chi connectivity index (χ0v) is 14.4. The minimum absolute atomic E-state index is 0.0748. The number of nitrogens with one attached hydrogen (secondary N) is 2. The van der Waals surface area contributed by atoms with E-state index >= 15 is 0 Å². The van der Waals surface area contributed by atoms with Crippen molar-refractivity contribution in [2.75, 3.05) is 5.32 Å². The summed E-state index contributed by atoms with van der Waals surface area (Å²) in [6, 6.07) is 2.39. The Morgan fingerprint density at radius 1 is 1.42 bits per heavy atom. The first-order valence-corrected chi connectivity index (χ1v) is 7.76. The molecule has 8 heteroatoms. The van der Waals surface area contributed by atoms with Crippen LogP contribution in [0.15, 0.2) is 12.1 Å². The van der Waals surface area contributed by atoms with E-state index < -0.39 is 28.6 Å². The highest BCUT2D eigenvalue weighted by Gasteiger charge is 2.44. The van der Waals surface area contributed by atoms with Crippen LogP contribution in [0.3, 0.4) is 0 Å². The number of aliphatic hydroxyl groups is 1. The summed E-state index contributed by atoms with van der Waals surface area (Å²) in [5.41, 5.74) is -0.509. The van der Waals surface area contributed by atoms with Crippen molar-refractivity contribution in [3.63, 3.8) is 0 Å². The molecule has 0 fully saturated rings. The predicted molar refractivity (Wildman–Crippen MR) is 89.1 cm³/mol. The number of nitro groups is 1. The summed E-state index contributed by atoms with van der Waals surface area (Å²) < 4.78 is 5.79. The molecule has 0 aliphatic carbocycles. The highest BCUT2D eigenvalue weighted by molar-refractivity contribution is 5.91. The van der Waals surface area contributed by atoms with E-state index in [1.165, 1.54) is 19.1 Å². The van der Waals surface area contributed by atoms with Gasteiger partial charge in [-0.05, 0) is 19.9 Å². The van der Waals surface area contributed by atoms with E-state index in [0.717, 1.165) is 0 Å². The van der Waals surface area contributed by atoms with Gasteiger partial charge >= 0.3 is 0 Å². The largest absolute Gasteiger partial charge is 0.484 e. The average molecular weight is 337 g/mol. The molecule has 2 atom stereocenters. The maximum absolute atomic E-state index is 11.4. The molecule has 0 saturated heterocycles. The number of anilines is 1. The number of nitrogens with zero attached hydrogens (tertiary/aromatic N) is 1. The molecule has 0 spiro atoms. The second-order valence-electron chi connectivity index (χ2n) is 6.79. The molecule has 0 saturated carbocycles. The molecule has 0 unspecified atom stereocenters. The summed E-state index contributed by atoms with van der Waals surface area (Å²) in [4.78, 5) is 22.1. The summed E-state index contributed by atoms with van der Waals surface area (Å²) in [6.45, 7) is 8.61. The van der Waals surface area contributed by atoms with Crippen LogP contribution in [0.1, 0.15) is 46.2 Å². The molecule has 24 heavy (non-hydrogen) atoms. The van der Waals surface area contributed by atoms with E-state index in [2.05, 4.69) is 10.6 Å². The first-order valence-electron chi connectivity index (χ1n) is 7.76. The molecule has 2 rings (SSSR count). The van der Waals surface area contributed by atoms with Gasteiger partial charge in [-0.2, -0.15) is 0 Å². The van der Waals surface area contributed by atoms with Crippen LogP contribution >= 0.6 is 0 Å². The van der Waals surface area contributed by atoms with Crippen LogP contribution in [-0.2, 0) is 4.79 Å². The molecule has 1 aliphatic rings. The van der Waals surface area contributed by atoms with Gasteiger partial charge in [-0.25, -0.2) is 0 Å². The minimum atomic E-state index is -0.914. The van der Waals surface area contributed by atoms with Crippen LogP contribution in [0.4, 0.5) is 11.4 Å². The fraction of sp³-hybridized carbons (Fsp3) is 0.562. The summed E-state index contributed by atoms with van der Waals surface area (Å²) >= 11 is 0. The molecule has 1 aromatic rings. The topological polar surface area (TPSA) is 114 Å². The maximum atomic E-state index is 11.4. The molecule has 0 aromatic heterocycles. The lowest BCUT2D eigenvalue weighted by molar-refractivity contribution is -0.384. The van der Waals surface area contributed by atoms with Crippen LogP contribution in [0.2, 0.25) is 0 Å². The van der Waals surface area contributed by atoms with Gasteiger partial charge in [-0.1, -0.05) is 13.8 Å². The predicted octanol–water partition coefficient (Wildman–Crippen LogP) is 2.12. The zero-order chi connectivity index (χ0) is 18.2. The average Bonchev–Trinajstić information content (AvgIpc) is 2.42. The number of aliphatic hydroxyl groups excluding tert-OH is 1. The van der Waals surface area contributed by atoms with E-state index in [1.807, 2.05) is 13.8 Å². The van der Waals surface area contributed by atoms with E-state index in [1.54, 1.807) is 13.8 Å². The van der Waals surface area contributed by atoms with Gasteiger partial charge in [-0.15, -0.1) is 0 Å². The van der Waals surface area contributed by atoms with Crippen molar-refractivity contribution in [1.82, 2.24) is 5.32 Å². The zero-order valence-electron chi connectivity index (χ0n) is 14.4. The third-order valence-electron chi connectivity index (χ3n) is 3.88. The normalized spacial score (nSPS) is 21.8. The Balaban J connectivity index is 2.62. The van der Waals surface area contributed by atoms with Crippen molar-refractivity contribution in [3.8, 4) is 5.75 Å². The Morgan fingerprint density at radius 3 is 2.54 bits per heavy atom. The number of amides is 1. The number of carbonyl (C=O) groups is 1. The number of benzene rings is 1. The quantitative estimate of drug-likeness (QED) is 0.573. The standard InChI is InChI=1S/C16H23N3O5/c1-8(2)17-14-10-6-11(18-9(3)20)12(19(22)23)7-13(10)24-16(4,5)15(14)21/h6-8,14-15,17,21H,1-5H3,(H,18,20)/t14-,15+/m1/s1. The fourth-order valence-electron chi connectivity index (χ4n) is 2.81. The van der Waals surface area contributed by atoms with E-state index in [4.69, 9.17) is 4.74 Å². The Labute approximate surface area is 140 Å². The lowest BCUT2D eigenvalue weighted by Gasteiger charge is -2.43. The van der Waals surface area contributed by atoms with E-state index in [-0.39, 0.29) is 17.4 Å². The lowest BCUT2D eigenvalue weighted by atomic mass is 9.85. The molecule has 1 aliphatic heterocycles. The molecule has 0 radical (unpaired) electrons. The molecule has 1 amide bonds. The SMILES string of the molecule is CC(=O)Nc1cc2c(cc1[N+](=O)[O-])OC(C)(C)[C@@H](O)[C@@H]2NC(C)C. The molecular formula is C16H23N3O5. The number of hydrogen-bond donors (Lipinski definition) is 3. The smallest absolute Gasteiger partial charge is 0.296 e. The molecule has 132 valence electrons. The van der Waals surface area contributed by atoms with Crippen LogP contribution in [0.5, 0.6) is 5.75 Å². The Morgan fingerprint density at radius 2 is 2.04 bits per heavy atom. The summed E-state index contributed by atoms with van der Waals surface area (Å²) in [5.74, 6) is -0.0896. The number of nitro benzene ring substituents is 1. The van der Waals surface area contributed by atoms with E-state index in [0.29, 0.717) is 11.3 Å². The minimum Gasteiger partial charge on any atom is -0.484 e. The van der Waals surface area contributed by atoms with E-state index in [9.17, 15) is 20.0 Å². The Kier molecular flexibility index (Phi) is 4.82. The third kappa shape index (κ3) is 3.49. The maximum Gasteiger partial charge on any atom is 0.296 e. The van der Waals surface area contributed by atoms with Gasteiger partial charge < -0.3 is 20.5 Å². The number of rotatable bonds is 4. The number of hydrogen-bond acceptors (Lipinski definition) is 6. The second-order valence-corrected chi connectivity index (χ2v) is 6.79. The first kappa shape index (κ1) is 18.2.